The molecule has 2 aliphatic rings. The zero-order valence-electron chi connectivity index (χ0n) is 15.9. The molecule has 0 saturated heterocycles. The van der Waals surface area contributed by atoms with Gasteiger partial charge in [0.25, 0.3) is 11.8 Å². The topological polar surface area (TPSA) is 141 Å². The van der Waals surface area contributed by atoms with Crippen molar-refractivity contribution in [3.05, 3.63) is 12.2 Å². The van der Waals surface area contributed by atoms with E-state index >= 15 is 0 Å². The number of hydrogen-bond acceptors (Lipinski definition) is 8. The maximum absolute atomic E-state index is 12.3. The number of methoxy groups -OCH3 is 2. The largest absolute Gasteiger partial charge is 0.472 e. The van der Waals surface area contributed by atoms with Crippen molar-refractivity contribution < 1.29 is 42.4 Å². The quantitative estimate of drug-likeness (QED) is 0.357. The smallest absolute Gasteiger partial charge is 0.384 e. The number of amides is 3. The Bertz CT molecular complexity index is 665. The first-order valence-corrected chi connectivity index (χ1v) is 10.1. The molecule has 1 aliphatic carbocycles. The highest BCUT2D eigenvalue weighted by molar-refractivity contribution is 7.47. The second-order valence-electron chi connectivity index (χ2n) is 6.46. The number of phosphoric ester groups is 1. The van der Waals surface area contributed by atoms with Gasteiger partial charge in [0, 0.05) is 52.4 Å². The van der Waals surface area contributed by atoms with Gasteiger partial charge in [-0.1, -0.05) is 0 Å². The second kappa shape index (κ2) is 9.73. The molecule has 2 unspecified atom stereocenters. The Morgan fingerprint density at radius 2 is 1.89 bits per heavy atom. The van der Waals surface area contributed by atoms with Crippen LogP contribution in [0.4, 0.5) is 0 Å². The van der Waals surface area contributed by atoms with Gasteiger partial charge in [0.1, 0.15) is 12.2 Å². The zero-order chi connectivity index (χ0) is 20.9. The third kappa shape index (κ3) is 5.47. The average Bonchev–Trinajstić information content (AvgIpc) is 3.12. The van der Waals surface area contributed by atoms with Crippen LogP contribution in [0.5, 0.6) is 0 Å². The van der Waals surface area contributed by atoms with Crippen molar-refractivity contribution in [3.8, 4) is 0 Å². The third-order valence-corrected chi connectivity index (χ3v) is 5.66. The van der Waals surface area contributed by atoms with Crippen molar-refractivity contribution in [1.29, 1.82) is 0 Å². The average molecular weight is 420 g/mol. The SMILES string of the molecule is COC[C@H]1C[C@@H](NC(=O)CCN2C(=O)C=CC2=O)C(OC)[C@H]1OP(=O)(O)OC. The van der Waals surface area contributed by atoms with E-state index in [2.05, 4.69) is 9.84 Å². The fourth-order valence-electron chi connectivity index (χ4n) is 3.39. The predicted octanol–water partition coefficient (Wildman–Crippen LogP) is -0.400. The van der Waals surface area contributed by atoms with E-state index in [1.807, 2.05) is 0 Å². The van der Waals surface area contributed by atoms with Crippen LogP contribution in [-0.2, 0) is 37.5 Å². The molecule has 0 aromatic heterocycles. The van der Waals surface area contributed by atoms with Crippen molar-refractivity contribution in [2.75, 3.05) is 34.5 Å². The minimum atomic E-state index is -4.27. The zero-order valence-corrected chi connectivity index (χ0v) is 16.8. The van der Waals surface area contributed by atoms with Gasteiger partial charge in [-0.15, -0.1) is 0 Å². The Hall–Kier alpha value is -1.62. The van der Waals surface area contributed by atoms with Gasteiger partial charge in [-0.3, -0.25) is 28.3 Å². The van der Waals surface area contributed by atoms with Crippen molar-refractivity contribution in [2.45, 2.75) is 31.1 Å². The van der Waals surface area contributed by atoms with E-state index in [1.54, 1.807) is 0 Å². The molecule has 0 aromatic carbocycles. The number of nitrogens with one attached hydrogen (secondary N) is 1. The summed E-state index contributed by atoms with van der Waals surface area (Å²) < 4.78 is 32.1. The van der Waals surface area contributed by atoms with Crippen LogP contribution in [0, 0.1) is 5.92 Å². The molecule has 11 nitrogen and oxygen atoms in total. The Morgan fingerprint density at radius 1 is 1.25 bits per heavy atom. The fourth-order valence-corrected chi connectivity index (χ4v) is 4.08. The minimum Gasteiger partial charge on any atom is -0.384 e. The molecule has 3 amide bonds. The number of ether oxygens (including phenoxy) is 2. The maximum atomic E-state index is 12.3. The second-order valence-corrected chi connectivity index (χ2v) is 7.97. The number of phosphoric acid groups is 1. The van der Waals surface area contributed by atoms with Crippen LogP contribution in [0.15, 0.2) is 12.2 Å². The molecule has 2 rings (SSSR count). The van der Waals surface area contributed by atoms with E-state index in [1.165, 1.54) is 14.2 Å². The Morgan fingerprint density at radius 3 is 2.43 bits per heavy atom. The van der Waals surface area contributed by atoms with Gasteiger partial charge in [-0.05, 0) is 6.42 Å². The van der Waals surface area contributed by atoms with Crippen LogP contribution in [0.2, 0.25) is 0 Å². The molecule has 2 N–H and O–H groups in total. The first-order valence-electron chi connectivity index (χ1n) is 8.64. The maximum Gasteiger partial charge on any atom is 0.472 e. The summed E-state index contributed by atoms with van der Waals surface area (Å²) in [6.45, 7) is 0.181. The molecular formula is C16H25N2O9P. The van der Waals surface area contributed by atoms with Gasteiger partial charge < -0.3 is 19.7 Å². The molecule has 28 heavy (non-hydrogen) atoms. The molecule has 158 valence electrons. The van der Waals surface area contributed by atoms with Crippen LogP contribution in [0.25, 0.3) is 0 Å². The van der Waals surface area contributed by atoms with Gasteiger partial charge in [0.15, 0.2) is 0 Å². The molecule has 0 radical (unpaired) electrons. The van der Waals surface area contributed by atoms with Gasteiger partial charge >= 0.3 is 7.82 Å². The first-order chi connectivity index (χ1) is 13.2. The monoisotopic (exact) mass is 420 g/mol. The lowest BCUT2D eigenvalue weighted by Gasteiger charge is -2.27. The normalized spacial score (nSPS) is 29.4. The molecule has 1 saturated carbocycles. The molecule has 0 bridgehead atoms. The molecule has 1 aliphatic heterocycles. The molecule has 1 fully saturated rings. The summed E-state index contributed by atoms with van der Waals surface area (Å²) in [5.74, 6) is -1.63. The van der Waals surface area contributed by atoms with E-state index < -0.39 is 43.8 Å². The molecule has 0 aromatic rings. The lowest BCUT2D eigenvalue weighted by Crippen LogP contribution is -2.45. The molecule has 1 heterocycles. The van der Waals surface area contributed by atoms with E-state index in [0.717, 1.165) is 24.2 Å². The lowest BCUT2D eigenvalue weighted by atomic mass is 10.1. The van der Waals surface area contributed by atoms with Crippen molar-refractivity contribution in [1.82, 2.24) is 10.2 Å². The van der Waals surface area contributed by atoms with Crippen LogP contribution < -0.4 is 5.32 Å². The summed E-state index contributed by atoms with van der Waals surface area (Å²) in [5.41, 5.74) is 0. The highest BCUT2D eigenvalue weighted by Gasteiger charge is 2.48. The standard InChI is InChI=1S/C16H25N2O9P/c1-24-9-10-8-11(16(25-2)15(10)27-28(22,23)26-3)17-12(19)6-7-18-13(20)4-5-14(18)21/h4-5,10-11,15-16H,6-9H2,1-3H3,(H,17,19)(H,22,23)/t10-,11-,15+,16?/m1/s1. The summed E-state index contributed by atoms with van der Waals surface area (Å²) in [4.78, 5) is 46.0. The Kier molecular flexibility index (Phi) is 7.87. The van der Waals surface area contributed by atoms with Crippen molar-refractivity contribution in [3.63, 3.8) is 0 Å². The van der Waals surface area contributed by atoms with Crippen LogP contribution in [-0.4, -0.2) is 80.2 Å². The summed E-state index contributed by atoms with van der Waals surface area (Å²) in [6, 6.07) is -0.511. The molecule has 5 atom stereocenters. The van der Waals surface area contributed by atoms with Crippen LogP contribution >= 0.6 is 7.82 Å². The van der Waals surface area contributed by atoms with E-state index in [0.29, 0.717) is 6.42 Å². The fraction of sp³-hybridized carbons (Fsp3) is 0.688. The van der Waals surface area contributed by atoms with Gasteiger partial charge in [0.2, 0.25) is 5.91 Å². The molecular weight excluding hydrogens is 395 g/mol. The number of rotatable bonds is 10. The van der Waals surface area contributed by atoms with E-state index in [4.69, 9.17) is 14.0 Å². The summed E-state index contributed by atoms with van der Waals surface area (Å²) in [7, 11) is -0.335. The summed E-state index contributed by atoms with van der Waals surface area (Å²) in [6.07, 6.45) is 1.06. The highest BCUT2D eigenvalue weighted by atomic mass is 31.2. The Labute approximate surface area is 162 Å². The summed E-state index contributed by atoms with van der Waals surface area (Å²) in [5, 5.41) is 2.77. The predicted molar refractivity (Wildman–Crippen MR) is 94.9 cm³/mol. The Balaban J connectivity index is 1.99. The molecule has 0 spiro atoms. The summed E-state index contributed by atoms with van der Waals surface area (Å²) >= 11 is 0. The third-order valence-electron chi connectivity index (χ3n) is 4.69. The number of carbonyl (C=O) groups excluding carboxylic acids is 3. The number of nitrogens with zero attached hydrogens (tertiary/aromatic N) is 1. The molecule has 12 heteroatoms. The van der Waals surface area contributed by atoms with Gasteiger partial charge in [0.05, 0.1) is 12.6 Å². The number of hydrogen-bond donors (Lipinski definition) is 2. The number of imide groups is 1. The van der Waals surface area contributed by atoms with E-state index in [-0.39, 0.29) is 25.5 Å². The highest BCUT2D eigenvalue weighted by Crippen LogP contribution is 2.48. The minimum absolute atomic E-state index is 0.0438. The van der Waals surface area contributed by atoms with E-state index in [9.17, 15) is 23.8 Å². The van der Waals surface area contributed by atoms with Crippen LogP contribution in [0.3, 0.4) is 0 Å². The van der Waals surface area contributed by atoms with Crippen molar-refractivity contribution in [2.24, 2.45) is 5.92 Å². The van der Waals surface area contributed by atoms with Crippen molar-refractivity contribution >= 4 is 25.5 Å². The number of carbonyl (C=O) groups is 3. The van der Waals surface area contributed by atoms with Gasteiger partial charge in [-0.25, -0.2) is 4.57 Å². The lowest BCUT2D eigenvalue weighted by molar-refractivity contribution is -0.137. The first kappa shape index (κ1) is 22.7. The van der Waals surface area contributed by atoms with Crippen LogP contribution in [0.1, 0.15) is 12.8 Å². The van der Waals surface area contributed by atoms with Gasteiger partial charge in [-0.2, -0.15) is 0 Å².